The van der Waals surface area contributed by atoms with E-state index < -0.39 is 0 Å². The molecule has 0 radical (unpaired) electrons. The number of nitrogens with zero attached hydrogens (tertiary/aromatic N) is 8. The Kier molecular flexibility index (Phi) is 9.12. The fourth-order valence-corrected chi connectivity index (χ4v) is 4.45. The summed E-state index contributed by atoms with van der Waals surface area (Å²) in [6, 6.07) is 11.5. The van der Waals surface area contributed by atoms with E-state index in [0.29, 0.717) is 19.7 Å². The van der Waals surface area contributed by atoms with Gasteiger partial charge in [-0.25, -0.2) is 9.97 Å². The number of aliphatic hydroxyl groups excluding tert-OH is 1. The lowest BCUT2D eigenvalue weighted by Crippen LogP contribution is -2.14. The number of aliphatic hydroxyl groups is 1. The standard InChI is InChI=1S/C16H17N5O2.C14H15N5O/c1-11-9-15(18-7-8-23-12(2)22)21-16(20-11)14(10-19-21)13-3-5-17-6-4-13;1-10-8-13(16-6-7-20)19-14(18-10)12(9-17-19)11-2-4-15-5-3-11/h3-6,9-10,18H,7-8H2,1-2H3;2-5,8-9,16,20H,6-7H2,1H3. The number of aromatic nitrogens is 8. The summed E-state index contributed by atoms with van der Waals surface area (Å²) in [5.74, 6) is 1.34. The van der Waals surface area contributed by atoms with Gasteiger partial charge in [0.05, 0.1) is 25.5 Å². The number of nitrogens with one attached hydrogen (secondary N) is 2. The van der Waals surface area contributed by atoms with E-state index in [1.54, 1.807) is 46.2 Å². The lowest BCUT2D eigenvalue weighted by atomic mass is 10.1. The molecule has 0 aliphatic rings. The van der Waals surface area contributed by atoms with Crippen LogP contribution in [0.3, 0.4) is 0 Å². The SMILES string of the molecule is CC(=O)OCCNc1cc(C)nc2c(-c3ccncc3)cnn12.Cc1cc(NCCO)n2ncc(-c3ccncc3)c2n1. The fourth-order valence-electron chi connectivity index (χ4n) is 4.45. The van der Waals surface area contributed by atoms with E-state index in [4.69, 9.17) is 9.84 Å². The maximum atomic E-state index is 10.8. The molecule has 6 aromatic rings. The molecule has 0 spiro atoms. The van der Waals surface area contributed by atoms with Gasteiger partial charge in [0.2, 0.25) is 0 Å². The summed E-state index contributed by atoms with van der Waals surface area (Å²) in [7, 11) is 0. The van der Waals surface area contributed by atoms with Gasteiger partial charge in [-0.2, -0.15) is 19.2 Å². The number of pyridine rings is 2. The Bertz CT molecular complexity index is 1820. The Balaban J connectivity index is 0.000000173. The van der Waals surface area contributed by atoms with E-state index in [9.17, 15) is 4.79 Å². The van der Waals surface area contributed by atoms with Gasteiger partial charge in [0.15, 0.2) is 11.3 Å². The van der Waals surface area contributed by atoms with Crippen LogP contribution < -0.4 is 10.6 Å². The molecule has 0 unspecified atom stereocenters. The number of carbonyl (C=O) groups excluding carboxylic acids is 1. The molecular formula is C30H32N10O3. The molecule has 43 heavy (non-hydrogen) atoms. The van der Waals surface area contributed by atoms with Crippen molar-refractivity contribution in [2.45, 2.75) is 20.8 Å². The van der Waals surface area contributed by atoms with Crippen molar-refractivity contribution in [2.24, 2.45) is 0 Å². The van der Waals surface area contributed by atoms with Crippen LogP contribution in [-0.2, 0) is 9.53 Å². The van der Waals surface area contributed by atoms with Gasteiger partial charge in [-0.05, 0) is 49.2 Å². The van der Waals surface area contributed by atoms with Crippen molar-refractivity contribution in [3.8, 4) is 22.3 Å². The number of aryl methyl sites for hydroxylation is 2. The predicted octanol–water partition coefficient (Wildman–Crippen LogP) is 3.58. The van der Waals surface area contributed by atoms with Gasteiger partial charge in [-0.3, -0.25) is 14.8 Å². The van der Waals surface area contributed by atoms with Crippen molar-refractivity contribution in [3.05, 3.63) is 85.0 Å². The van der Waals surface area contributed by atoms with Gasteiger partial charge in [-0.15, -0.1) is 0 Å². The fraction of sp³-hybridized carbons (Fsp3) is 0.233. The van der Waals surface area contributed by atoms with Crippen LogP contribution in [0, 0.1) is 13.8 Å². The zero-order chi connectivity index (χ0) is 30.2. The van der Waals surface area contributed by atoms with Gasteiger partial charge in [0.25, 0.3) is 0 Å². The molecule has 0 fully saturated rings. The third-order valence-corrected chi connectivity index (χ3v) is 6.31. The molecule has 0 aromatic carbocycles. The van der Waals surface area contributed by atoms with Crippen LogP contribution in [-0.4, -0.2) is 76.5 Å². The summed E-state index contributed by atoms with van der Waals surface area (Å²) < 4.78 is 8.42. The minimum absolute atomic E-state index is 0.0708. The van der Waals surface area contributed by atoms with E-state index in [-0.39, 0.29) is 12.6 Å². The van der Waals surface area contributed by atoms with Gasteiger partial charge >= 0.3 is 5.97 Å². The number of hydrogen-bond acceptors (Lipinski definition) is 11. The lowest BCUT2D eigenvalue weighted by Gasteiger charge is -2.09. The third-order valence-electron chi connectivity index (χ3n) is 6.31. The van der Waals surface area contributed by atoms with Crippen molar-refractivity contribution in [2.75, 3.05) is 36.9 Å². The normalized spacial score (nSPS) is 10.8. The van der Waals surface area contributed by atoms with Crippen LogP contribution in [0.4, 0.5) is 11.6 Å². The van der Waals surface area contributed by atoms with Crippen LogP contribution in [0.5, 0.6) is 0 Å². The van der Waals surface area contributed by atoms with Crippen LogP contribution >= 0.6 is 0 Å². The highest BCUT2D eigenvalue weighted by Gasteiger charge is 2.13. The highest BCUT2D eigenvalue weighted by Crippen LogP contribution is 2.26. The van der Waals surface area contributed by atoms with Gasteiger partial charge < -0.3 is 20.5 Å². The van der Waals surface area contributed by atoms with Crippen molar-refractivity contribution in [1.82, 2.24) is 39.2 Å². The number of esters is 1. The first-order valence-electron chi connectivity index (χ1n) is 13.7. The lowest BCUT2D eigenvalue weighted by molar-refractivity contribution is -0.140. The molecule has 3 N–H and O–H groups in total. The third kappa shape index (κ3) is 6.90. The van der Waals surface area contributed by atoms with Crippen molar-refractivity contribution < 1.29 is 14.6 Å². The molecule has 6 aromatic heterocycles. The predicted molar refractivity (Wildman–Crippen MR) is 163 cm³/mol. The maximum absolute atomic E-state index is 10.8. The molecule has 0 amide bonds. The molecule has 0 saturated carbocycles. The summed E-state index contributed by atoms with van der Waals surface area (Å²) >= 11 is 0. The molecule has 0 saturated heterocycles. The molecule has 0 aliphatic carbocycles. The Labute approximate surface area is 247 Å². The zero-order valence-electron chi connectivity index (χ0n) is 24.1. The van der Waals surface area contributed by atoms with Crippen LogP contribution in [0.25, 0.3) is 33.5 Å². The number of fused-ring (bicyclic) bond motifs is 2. The average Bonchev–Trinajstić information content (AvgIpc) is 3.64. The Hall–Kier alpha value is -5.43. The molecule has 0 atom stereocenters. The quantitative estimate of drug-likeness (QED) is 0.170. The van der Waals surface area contributed by atoms with Gasteiger partial charge in [-0.1, -0.05) is 0 Å². The minimum atomic E-state index is -0.290. The van der Waals surface area contributed by atoms with Gasteiger partial charge in [0, 0.05) is 72.9 Å². The number of rotatable bonds is 9. The van der Waals surface area contributed by atoms with Crippen LogP contribution in [0.1, 0.15) is 18.3 Å². The topological polar surface area (TPSA) is 157 Å². The van der Waals surface area contributed by atoms with Crippen molar-refractivity contribution >= 4 is 28.9 Å². The largest absolute Gasteiger partial charge is 0.464 e. The Morgan fingerprint density at radius 3 is 1.70 bits per heavy atom. The van der Waals surface area contributed by atoms with Crippen molar-refractivity contribution in [3.63, 3.8) is 0 Å². The molecule has 220 valence electrons. The molecule has 6 rings (SSSR count). The number of ether oxygens (including phenoxy) is 1. The minimum Gasteiger partial charge on any atom is -0.464 e. The first-order valence-corrected chi connectivity index (χ1v) is 13.7. The summed E-state index contributed by atoms with van der Waals surface area (Å²) in [5.41, 5.74) is 7.28. The van der Waals surface area contributed by atoms with E-state index in [1.165, 1.54) is 6.92 Å². The van der Waals surface area contributed by atoms with Crippen LogP contribution in [0.2, 0.25) is 0 Å². The molecule has 0 bridgehead atoms. The second-order valence-corrected chi connectivity index (χ2v) is 9.54. The summed E-state index contributed by atoms with van der Waals surface area (Å²) in [5, 5.41) is 24.1. The van der Waals surface area contributed by atoms with Crippen molar-refractivity contribution in [1.29, 1.82) is 0 Å². The van der Waals surface area contributed by atoms with E-state index in [1.807, 2.05) is 50.2 Å². The van der Waals surface area contributed by atoms with E-state index >= 15 is 0 Å². The average molecular weight is 581 g/mol. The van der Waals surface area contributed by atoms with E-state index in [2.05, 4.69) is 40.8 Å². The molecule has 0 aliphatic heterocycles. The maximum Gasteiger partial charge on any atom is 0.302 e. The highest BCUT2D eigenvalue weighted by atomic mass is 16.5. The molecular weight excluding hydrogens is 548 g/mol. The summed E-state index contributed by atoms with van der Waals surface area (Å²) in [4.78, 5) is 28.0. The molecule has 13 nitrogen and oxygen atoms in total. The Morgan fingerprint density at radius 1 is 0.791 bits per heavy atom. The first kappa shape index (κ1) is 29.1. The van der Waals surface area contributed by atoms with E-state index in [0.717, 1.165) is 56.6 Å². The highest BCUT2D eigenvalue weighted by molar-refractivity contribution is 5.78. The van der Waals surface area contributed by atoms with Gasteiger partial charge in [0.1, 0.15) is 18.2 Å². The van der Waals surface area contributed by atoms with Crippen LogP contribution in [0.15, 0.2) is 73.6 Å². The Morgan fingerprint density at radius 2 is 1.26 bits per heavy atom. The smallest absolute Gasteiger partial charge is 0.302 e. The molecule has 6 heterocycles. The number of hydrogen-bond donors (Lipinski definition) is 3. The first-order chi connectivity index (χ1) is 20.9. The zero-order valence-corrected chi connectivity index (χ0v) is 24.1. The second kappa shape index (κ2) is 13.5. The summed E-state index contributed by atoms with van der Waals surface area (Å²) in [6.07, 6.45) is 10.6. The number of anilines is 2. The monoisotopic (exact) mass is 580 g/mol. The summed E-state index contributed by atoms with van der Waals surface area (Å²) in [6.45, 7) is 6.61. The second-order valence-electron chi connectivity index (χ2n) is 9.54. The molecule has 13 heteroatoms. The number of carbonyl (C=O) groups is 1.